The topological polar surface area (TPSA) is 35.5 Å². The lowest BCUT2D eigenvalue weighted by atomic mass is 10.0. The minimum absolute atomic E-state index is 0.00475. The normalized spacial score (nSPS) is 27.2. The molecule has 2 N–H and O–H groups in total. The van der Waals surface area contributed by atoms with E-state index in [1.54, 1.807) is 0 Å². The highest BCUT2D eigenvalue weighted by Gasteiger charge is 2.34. The summed E-state index contributed by atoms with van der Waals surface area (Å²) >= 11 is 0. The Kier molecular flexibility index (Phi) is 3.63. The van der Waals surface area contributed by atoms with E-state index in [0.29, 0.717) is 13.1 Å². The first kappa shape index (κ1) is 14.4. The quantitative estimate of drug-likeness (QED) is 0.815. The molecule has 3 nitrogen and oxygen atoms in total. The van der Waals surface area contributed by atoms with Gasteiger partial charge in [-0.3, -0.25) is 0 Å². The van der Waals surface area contributed by atoms with Gasteiger partial charge in [-0.25, -0.2) is 0 Å². The third kappa shape index (κ3) is 3.28. The summed E-state index contributed by atoms with van der Waals surface area (Å²) in [7, 11) is 0. The summed E-state index contributed by atoms with van der Waals surface area (Å²) in [6.07, 6.45) is 0. The van der Waals surface area contributed by atoms with Gasteiger partial charge in [-0.2, -0.15) is 0 Å². The molecule has 0 spiro atoms. The van der Waals surface area contributed by atoms with Crippen molar-refractivity contribution in [1.29, 1.82) is 0 Å². The van der Waals surface area contributed by atoms with E-state index in [0.717, 1.165) is 6.54 Å². The van der Waals surface area contributed by atoms with Gasteiger partial charge in [0.2, 0.25) is 0 Å². The summed E-state index contributed by atoms with van der Waals surface area (Å²) < 4.78 is 0. The second-order valence-corrected chi connectivity index (χ2v) is 6.83. The van der Waals surface area contributed by atoms with Crippen LogP contribution in [0.4, 0.5) is 5.69 Å². The predicted octanol–water partition coefficient (Wildman–Crippen LogP) is 2.24. The Hall–Kier alpha value is -1.06. The number of aliphatic hydroxyl groups is 1. The zero-order chi connectivity index (χ0) is 14.3. The highest BCUT2D eigenvalue weighted by atomic mass is 16.3. The van der Waals surface area contributed by atoms with Crippen molar-refractivity contribution in [2.24, 2.45) is 0 Å². The fourth-order valence-electron chi connectivity index (χ4n) is 2.95. The number of rotatable bonds is 1. The second kappa shape index (κ2) is 4.80. The monoisotopic (exact) mass is 262 g/mol. The van der Waals surface area contributed by atoms with E-state index >= 15 is 0 Å². The van der Waals surface area contributed by atoms with Gasteiger partial charge in [0, 0.05) is 30.9 Å². The molecule has 1 unspecified atom stereocenters. The molecule has 1 atom stereocenters. The molecule has 1 saturated heterocycles. The smallest absolute Gasteiger partial charge is 0.0917 e. The van der Waals surface area contributed by atoms with Crippen LogP contribution in [-0.2, 0) is 0 Å². The number of β-amino-alcohol motifs (C(OH)–C–C–N with tert-alkyl or cyclic N) is 1. The number of nitrogens with one attached hydrogen (secondary N) is 1. The van der Waals surface area contributed by atoms with Gasteiger partial charge in [0.15, 0.2) is 0 Å². The molecule has 1 heterocycles. The number of hydrogen-bond donors (Lipinski definition) is 2. The summed E-state index contributed by atoms with van der Waals surface area (Å²) in [5, 5.41) is 14.0. The van der Waals surface area contributed by atoms with Crippen molar-refractivity contribution < 1.29 is 5.11 Å². The average Bonchev–Trinajstić information content (AvgIpc) is 2.35. The maximum absolute atomic E-state index is 10.5. The Bertz CT molecular complexity index is 428. The van der Waals surface area contributed by atoms with Gasteiger partial charge in [-0.15, -0.1) is 0 Å². The van der Waals surface area contributed by atoms with Crippen molar-refractivity contribution >= 4 is 5.69 Å². The molecule has 1 aromatic rings. The standard InChI is InChI=1S/C16H26N2O/c1-12-7-6-8-13(2)14(12)18-10-15(3,4)17-9-16(5,19)11-18/h6-8,17,19H,9-11H2,1-5H3. The summed E-state index contributed by atoms with van der Waals surface area (Å²) in [6, 6.07) is 6.37. The maximum Gasteiger partial charge on any atom is 0.0917 e. The lowest BCUT2D eigenvalue weighted by molar-refractivity contribution is 0.0695. The fraction of sp³-hybridized carbons (Fsp3) is 0.625. The van der Waals surface area contributed by atoms with Crippen molar-refractivity contribution in [3.8, 4) is 0 Å². The van der Waals surface area contributed by atoms with E-state index in [4.69, 9.17) is 0 Å². The van der Waals surface area contributed by atoms with Gasteiger partial charge in [0.05, 0.1) is 5.60 Å². The zero-order valence-corrected chi connectivity index (χ0v) is 12.7. The minimum atomic E-state index is -0.706. The van der Waals surface area contributed by atoms with Crippen LogP contribution in [0.2, 0.25) is 0 Å². The maximum atomic E-state index is 10.5. The molecular formula is C16H26N2O. The Balaban J connectivity index is 2.41. The summed E-state index contributed by atoms with van der Waals surface area (Å²) in [5.41, 5.74) is 3.10. The van der Waals surface area contributed by atoms with E-state index in [9.17, 15) is 5.11 Å². The van der Waals surface area contributed by atoms with Crippen molar-refractivity contribution in [2.45, 2.75) is 45.8 Å². The largest absolute Gasteiger partial charge is 0.387 e. The van der Waals surface area contributed by atoms with Crippen molar-refractivity contribution in [3.05, 3.63) is 29.3 Å². The fourth-order valence-corrected chi connectivity index (χ4v) is 2.95. The zero-order valence-electron chi connectivity index (χ0n) is 12.7. The van der Waals surface area contributed by atoms with Crippen LogP contribution in [0, 0.1) is 13.8 Å². The molecule has 0 bridgehead atoms. The Morgan fingerprint density at radius 3 is 2.26 bits per heavy atom. The molecule has 3 heteroatoms. The van der Waals surface area contributed by atoms with Crippen LogP contribution in [0.15, 0.2) is 18.2 Å². The molecule has 0 amide bonds. The lowest BCUT2D eigenvalue weighted by Gasteiger charge is -2.34. The number of para-hydroxylation sites is 1. The second-order valence-electron chi connectivity index (χ2n) is 6.83. The van der Waals surface area contributed by atoms with Crippen LogP contribution in [0.25, 0.3) is 0 Å². The molecular weight excluding hydrogens is 236 g/mol. The van der Waals surface area contributed by atoms with Crippen LogP contribution in [0.3, 0.4) is 0 Å². The van der Waals surface area contributed by atoms with Crippen LogP contribution >= 0.6 is 0 Å². The number of hydrogen-bond acceptors (Lipinski definition) is 3. The molecule has 0 saturated carbocycles. The molecule has 0 aromatic heterocycles. The predicted molar refractivity (Wildman–Crippen MR) is 80.8 cm³/mol. The van der Waals surface area contributed by atoms with Crippen LogP contribution < -0.4 is 10.2 Å². The van der Waals surface area contributed by atoms with Gasteiger partial charge in [0.25, 0.3) is 0 Å². The van der Waals surface area contributed by atoms with Gasteiger partial charge < -0.3 is 15.3 Å². The number of anilines is 1. The Morgan fingerprint density at radius 2 is 1.68 bits per heavy atom. The molecule has 1 aromatic carbocycles. The first-order valence-corrected chi connectivity index (χ1v) is 6.99. The van der Waals surface area contributed by atoms with Gasteiger partial charge in [-0.05, 0) is 45.7 Å². The molecule has 1 aliphatic rings. The van der Waals surface area contributed by atoms with Crippen molar-refractivity contribution in [2.75, 3.05) is 24.5 Å². The van der Waals surface area contributed by atoms with Crippen LogP contribution in [-0.4, -0.2) is 35.9 Å². The van der Waals surface area contributed by atoms with Gasteiger partial charge >= 0.3 is 0 Å². The highest BCUT2D eigenvalue weighted by Crippen LogP contribution is 2.29. The van der Waals surface area contributed by atoms with E-state index in [1.807, 2.05) is 6.92 Å². The molecule has 0 radical (unpaired) electrons. The first-order valence-electron chi connectivity index (χ1n) is 6.99. The van der Waals surface area contributed by atoms with E-state index in [2.05, 4.69) is 56.1 Å². The minimum Gasteiger partial charge on any atom is -0.387 e. The van der Waals surface area contributed by atoms with E-state index < -0.39 is 5.60 Å². The van der Waals surface area contributed by atoms with Crippen molar-refractivity contribution in [3.63, 3.8) is 0 Å². The summed E-state index contributed by atoms with van der Waals surface area (Å²) in [5.74, 6) is 0. The molecule has 1 fully saturated rings. The lowest BCUT2D eigenvalue weighted by Crippen LogP contribution is -2.47. The van der Waals surface area contributed by atoms with Crippen LogP contribution in [0.5, 0.6) is 0 Å². The van der Waals surface area contributed by atoms with Crippen LogP contribution in [0.1, 0.15) is 31.9 Å². The van der Waals surface area contributed by atoms with Gasteiger partial charge in [0.1, 0.15) is 0 Å². The number of benzene rings is 1. The molecule has 106 valence electrons. The third-order valence-corrected chi connectivity index (χ3v) is 3.82. The number of nitrogens with zero attached hydrogens (tertiary/aromatic N) is 1. The molecule has 19 heavy (non-hydrogen) atoms. The summed E-state index contributed by atoms with van der Waals surface area (Å²) in [4.78, 5) is 2.32. The SMILES string of the molecule is Cc1cccc(C)c1N1CC(C)(O)CNC(C)(C)C1. The average molecular weight is 262 g/mol. The highest BCUT2D eigenvalue weighted by molar-refractivity contribution is 5.59. The molecule has 0 aliphatic carbocycles. The van der Waals surface area contributed by atoms with E-state index in [-0.39, 0.29) is 5.54 Å². The first-order chi connectivity index (χ1) is 8.70. The van der Waals surface area contributed by atoms with E-state index in [1.165, 1.54) is 16.8 Å². The molecule has 1 aliphatic heterocycles. The Labute approximate surface area is 116 Å². The molecule has 2 rings (SSSR count). The number of aryl methyl sites for hydroxylation is 2. The third-order valence-electron chi connectivity index (χ3n) is 3.82. The van der Waals surface area contributed by atoms with Gasteiger partial charge in [-0.1, -0.05) is 18.2 Å². The summed E-state index contributed by atoms with van der Waals surface area (Å²) in [6.45, 7) is 12.8. The van der Waals surface area contributed by atoms with Crippen molar-refractivity contribution in [1.82, 2.24) is 5.32 Å². The Morgan fingerprint density at radius 1 is 1.11 bits per heavy atom.